The van der Waals surface area contributed by atoms with Crippen LogP contribution < -0.4 is 0 Å². The maximum absolute atomic E-state index is 11.7. The van der Waals surface area contributed by atoms with Gasteiger partial charge in [-0.05, 0) is 6.92 Å². The molecule has 20 heavy (non-hydrogen) atoms. The Morgan fingerprint density at radius 3 is 2.50 bits per heavy atom. The second-order valence-corrected chi connectivity index (χ2v) is 5.98. The molecule has 7 nitrogen and oxygen atoms in total. The minimum absolute atomic E-state index is 0.197. The summed E-state index contributed by atoms with van der Waals surface area (Å²) < 4.78 is 10.2. The van der Waals surface area contributed by atoms with E-state index in [1.54, 1.807) is 20.8 Å². The number of hydrogen-bond acceptors (Lipinski definition) is 7. The van der Waals surface area contributed by atoms with E-state index in [9.17, 15) is 20.1 Å². The zero-order valence-electron chi connectivity index (χ0n) is 11.9. The highest BCUT2D eigenvalue weighted by Gasteiger charge is 2.91. The minimum Gasteiger partial charge on any atom is -0.466 e. The summed E-state index contributed by atoms with van der Waals surface area (Å²) in [5.41, 5.74) is -2.60. The van der Waals surface area contributed by atoms with Crippen LogP contribution in [0.1, 0.15) is 27.2 Å². The Morgan fingerprint density at radius 2 is 2.00 bits per heavy atom. The Bertz CT molecular complexity index is 410. The number of aliphatic hydroxyl groups excluding tert-OH is 2. The van der Waals surface area contributed by atoms with E-state index in [2.05, 4.69) is 0 Å². The molecule has 5 atom stereocenters. The summed E-state index contributed by atoms with van der Waals surface area (Å²) in [7, 11) is 0. The summed E-state index contributed by atoms with van der Waals surface area (Å²) in [6.45, 7) is 4.51. The van der Waals surface area contributed by atoms with Gasteiger partial charge in [-0.15, -0.1) is 0 Å². The molecule has 1 aliphatic carbocycles. The molecule has 2 rings (SSSR count). The molecule has 0 aromatic rings. The molecule has 0 amide bonds. The fourth-order valence-corrected chi connectivity index (χ4v) is 3.40. The number of aliphatic hydroxyl groups is 4. The van der Waals surface area contributed by atoms with Crippen LogP contribution in [0, 0.1) is 11.3 Å². The molecular weight excluding hydrogens is 268 g/mol. The van der Waals surface area contributed by atoms with Crippen molar-refractivity contribution in [2.45, 2.75) is 50.8 Å². The summed E-state index contributed by atoms with van der Waals surface area (Å²) in [4.78, 5) is 11.7. The predicted octanol–water partition coefficient (Wildman–Crippen LogP) is -1.23. The molecule has 0 aromatic carbocycles. The maximum atomic E-state index is 11.7. The van der Waals surface area contributed by atoms with Crippen molar-refractivity contribution in [3.63, 3.8) is 0 Å². The van der Waals surface area contributed by atoms with Gasteiger partial charge in [0.05, 0.1) is 31.2 Å². The predicted molar refractivity (Wildman–Crippen MR) is 66.4 cm³/mol. The Morgan fingerprint density at radius 1 is 1.40 bits per heavy atom. The van der Waals surface area contributed by atoms with Crippen LogP contribution in [0.5, 0.6) is 0 Å². The molecule has 2 fully saturated rings. The molecule has 0 bridgehead atoms. The Labute approximate surface area is 117 Å². The average molecular weight is 290 g/mol. The first-order valence-electron chi connectivity index (χ1n) is 6.74. The third-order valence-corrected chi connectivity index (χ3v) is 4.75. The molecule has 2 aliphatic rings. The molecule has 0 radical (unpaired) electrons. The standard InChI is InChI=1S/C13H22O7/c1-4-19-9(16)5-7-10(8(15)6-14)20-13(18)11(2,3)12(7,13)17/h7-8,10,14-15,17-18H,4-6H2,1-3H3/t7-,8-,10-,12+,13+/m1/s1. The summed E-state index contributed by atoms with van der Waals surface area (Å²) in [5, 5.41) is 39.8. The van der Waals surface area contributed by atoms with E-state index in [1.807, 2.05) is 0 Å². The van der Waals surface area contributed by atoms with E-state index in [1.165, 1.54) is 0 Å². The molecular formula is C13H22O7. The summed E-state index contributed by atoms with van der Waals surface area (Å²) in [6.07, 6.45) is -2.50. The molecule has 7 heteroatoms. The van der Waals surface area contributed by atoms with Crippen molar-refractivity contribution in [3.05, 3.63) is 0 Å². The second kappa shape index (κ2) is 4.64. The van der Waals surface area contributed by atoms with E-state index in [4.69, 9.17) is 14.6 Å². The van der Waals surface area contributed by atoms with Gasteiger partial charge in [0.15, 0.2) is 0 Å². The first-order valence-corrected chi connectivity index (χ1v) is 6.74. The molecule has 1 heterocycles. The lowest BCUT2D eigenvalue weighted by atomic mass is 9.84. The van der Waals surface area contributed by atoms with E-state index in [0.29, 0.717) is 0 Å². The quantitative estimate of drug-likeness (QED) is 0.468. The first kappa shape index (κ1) is 15.7. The minimum atomic E-state index is -1.82. The number of esters is 1. The van der Waals surface area contributed by atoms with E-state index >= 15 is 0 Å². The van der Waals surface area contributed by atoms with E-state index < -0.39 is 47.5 Å². The molecule has 1 saturated carbocycles. The van der Waals surface area contributed by atoms with Crippen molar-refractivity contribution >= 4 is 5.97 Å². The second-order valence-electron chi connectivity index (χ2n) is 5.98. The maximum Gasteiger partial charge on any atom is 0.306 e. The fourth-order valence-electron chi connectivity index (χ4n) is 3.40. The molecule has 4 N–H and O–H groups in total. The van der Waals surface area contributed by atoms with Gasteiger partial charge in [0.25, 0.3) is 0 Å². The van der Waals surface area contributed by atoms with Crippen LogP contribution in [0.15, 0.2) is 0 Å². The third kappa shape index (κ3) is 1.67. The summed E-state index contributed by atoms with van der Waals surface area (Å²) in [6, 6.07) is 0. The van der Waals surface area contributed by atoms with Crippen molar-refractivity contribution in [3.8, 4) is 0 Å². The van der Waals surface area contributed by atoms with Gasteiger partial charge in [-0.2, -0.15) is 0 Å². The smallest absolute Gasteiger partial charge is 0.306 e. The van der Waals surface area contributed by atoms with Crippen molar-refractivity contribution in [2.24, 2.45) is 11.3 Å². The van der Waals surface area contributed by atoms with Gasteiger partial charge in [0.1, 0.15) is 11.7 Å². The largest absolute Gasteiger partial charge is 0.466 e. The zero-order chi connectivity index (χ0) is 15.3. The van der Waals surface area contributed by atoms with E-state index in [-0.39, 0.29) is 13.0 Å². The highest BCUT2D eigenvalue weighted by Crippen LogP contribution is 2.74. The summed E-state index contributed by atoms with van der Waals surface area (Å²) >= 11 is 0. The highest BCUT2D eigenvalue weighted by atomic mass is 16.7. The lowest BCUT2D eigenvalue weighted by Crippen LogP contribution is -2.44. The molecule has 1 aliphatic heterocycles. The number of fused-ring (bicyclic) bond motifs is 1. The van der Waals surface area contributed by atoms with Crippen LogP contribution in [0.4, 0.5) is 0 Å². The molecule has 1 saturated heterocycles. The molecule has 0 aromatic heterocycles. The van der Waals surface area contributed by atoms with Crippen molar-refractivity contribution in [1.82, 2.24) is 0 Å². The molecule has 116 valence electrons. The van der Waals surface area contributed by atoms with Gasteiger partial charge in [-0.1, -0.05) is 13.8 Å². The monoisotopic (exact) mass is 290 g/mol. The van der Waals surface area contributed by atoms with Crippen LogP contribution in [0.3, 0.4) is 0 Å². The highest BCUT2D eigenvalue weighted by molar-refractivity contribution is 5.70. The SMILES string of the molecule is CCOC(=O)C[C@@H]1[C@H]([C@H](O)CO)O[C@@]2(O)C(C)(C)[C@@]12O. The van der Waals surface area contributed by atoms with Crippen molar-refractivity contribution in [2.75, 3.05) is 13.2 Å². The zero-order valence-corrected chi connectivity index (χ0v) is 11.9. The van der Waals surface area contributed by atoms with Crippen LogP contribution in [0.25, 0.3) is 0 Å². The Kier molecular flexibility index (Phi) is 3.63. The topological polar surface area (TPSA) is 116 Å². The third-order valence-electron chi connectivity index (χ3n) is 4.75. The van der Waals surface area contributed by atoms with Gasteiger partial charge >= 0.3 is 5.97 Å². The molecule has 0 unspecified atom stereocenters. The number of rotatable bonds is 5. The van der Waals surface area contributed by atoms with Crippen LogP contribution in [-0.4, -0.2) is 63.2 Å². The van der Waals surface area contributed by atoms with Gasteiger partial charge < -0.3 is 29.9 Å². The number of carbonyl (C=O) groups is 1. The van der Waals surface area contributed by atoms with Crippen molar-refractivity contribution < 1.29 is 34.7 Å². The van der Waals surface area contributed by atoms with Crippen molar-refractivity contribution in [1.29, 1.82) is 0 Å². The van der Waals surface area contributed by atoms with Crippen LogP contribution in [0.2, 0.25) is 0 Å². The summed E-state index contributed by atoms with van der Waals surface area (Å²) in [5.74, 6) is -3.21. The number of carbonyl (C=O) groups excluding carboxylic acids is 1. The first-order chi connectivity index (χ1) is 9.17. The van der Waals surface area contributed by atoms with Gasteiger partial charge in [0.2, 0.25) is 5.79 Å². The lowest BCUT2D eigenvalue weighted by molar-refractivity contribution is -0.195. The normalized spacial score (nSPS) is 43.0. The number of hydrogen-bond donors (Lipinski definition) is 4. The van der Waals surface area contributed by atoms with Gasteiger partial charge in [0, 0.05) is 5.92 Å². The Hall–Kier alpha value is -0.730. The fraction of sp³-hybridized carbons (Fsp3) is 0.923. The van der Waals surface area contributed by atoms with Gasteiger partial charge in [-0.3, -0.25) is 4.79 Å². The molecule has 0 spiro atoms. The number of ether oxygens (including phenoxy) is 2. The van der Waals surface area contributed by atoms with Crippen LogP contribution in [-0.2, 0) is 14.3 Å². The van der Waals surface area contributed by atoms with Crippen LogP contribution >= 0.6 is 0 Å². The van der Waals surface area contributed by atoms with E-state index in [0.717, 1.165) is 0 Å². The Balaban J connectivity index is 2.25. The van der Waals surface area contributed by atoms with Gasteiger partial charge in [-0.25, -0.2) is 0 Å². The average Bonchev–Trinajstić information content (AvgIpc) is 2.61. The lowest BCUT2D eigenvalue weighted by Gasteiger charge is -2.30.